The van der Waals surface area contributed by atoms with Crippen LogP contribution in [0, 0.1) is 6.92 Å². The maximum Gasteiger partial charge on any atom is 0.336 e. The number of hydrogen-bond acceptors (Lipinski definition) is 3. The first-order valence-electron chi connectivity index (χ1n) is 6.42. The normalized spacial score (nSPS) is 10.2. The molecule has 0 saturated heterocycles. The van der Waals surface area contributed by atoms with Crippen LogP contribution in [0.2, 0.25) is 5.02 Å². The van der Waals surface area contributed by atoms with Crippen LogP contribution in [0.25, 0.3) is 0 Å². The zero-order chi connectivity index (χ0) is 15.4. The van der Waals surface area contributed by atoms with Gasteiger partial charge in [-0.1, -0.05) is 23.7 Å². The number of carboxylic acids is 1. The fourth-order valence-electron chi connectivity index (χ4n) is 2.08. The highest BCUT2D eigenvalue weighted by Gasteiger charge is 2.10. The number of rotatable bonds is 5. The number of methoxy groups -OCH3 is 1. The number of anilines is 1. The Kier molecular flexibility index (Phi) is 4.70. The summed E-state index contributed by atoms with van der Waals surface area (Å²) in [5.74, 6) is -0.298. The van der Waals surface area contributed by atoms with E-state index in [-0.39, 0.29) is 0 Å². The molecule has 0 fully saturated rings. The second-order valence-corrected chi connectivity index (χ2v) is 5.01. The lowest BCUT2D eigenvalue weighted by Crippen LogP contribution is -2.05. The molecule has 0 aromatic heterocycles. The van der Waals surface area contributed by atoms with Gasteiger partial charge in [-0.3, -0.25) is 0 Å². The molecule has 2 rings (SSSR count). The van der Waals surface area contributed by atoms with Gasteiger partial charge in [-0.2, -0.15) is 0 Å². The number of benzene rings is 2. The van der Waals surface area contributed by atoms with Gasteiger partial charge in [0.2, 0.25) is 0 Å². The Morgan fingerprint density at radius 1 is 1.33 bits per heavy atom. The lowest BCUT2D eigenvalue weighted by Gasteiger charge is -2.12. The van der Waals surface area contributed by atoms with Crippen molar-refractivity contribution >= 4 is 23.3 Å². The van der Waals surface area contributed by atoms with E-state index in [0.29, 0.717) is 28.4 Å². The van der Waals surface area contributed by atoms with E-state index in [0.717, 1.165) is 11.3 Å². The number of carboxylic acid groups (broad SMARTS) is 1. The minimum atomic E-state index is -0.927. The first-order valence-corrected chi connectivity index (χ1v) is 6.80. The van der Waals surface area contributed by atoms with Crippen molar-refractivity contribution in [2.45, 2.75) is 13.5 Å². The van der Waals surface area contributed by atoms with E-state index in [2.05, 4.69) is 5.32 Å². The van der Waals surface area contributed by atoms with Gasteiger partial charge in [-0.25, -0.2) is 4.79 Å². The predicted molar refractivity (Wildman–Crippen MR) is 83.5 cm³/mol. The van der Waals surface area contributed by atoms with Gasteiger partial charge in [-0.05, 0) is 42.3 Å². The van der Waals surface area contributed by atoms with Crippen molar-refractivity contribution in [3.05, 3.63) is 58.1 Å². The summed E-state index contributed by atoms with van der Waals surface area (Å²) in [6.07, 6.45) is 0. The zero-order valence-corrected chi connectivity index (χ0v) is 12.6. The number of ether oxygens (including phenoxy) is 1. The Morgan fingerprint density at radius 3 is 2.71 bits per heavy atom. The number of halogens is 1. The number of hydrogen-bond donors (Lipinski definition) is 2. The quantitative estimate of drug-likeness (QED) is 0.877. The van der Waals surface area contributed by atoms with Crippen LogP contribution >= 0.6 is 11.6 Å². The third kappa shape index (κ3) is 3.47. The summed E-state index contributed by atoms with van der Waals surface area (Å²) >= 11 is 6.08. The van der Waals surface area contributed by atoms with Crippen molar-refractivity contribution < 1.29 is 14.6 Å². The van der Waals surface area contributed by atoms with Crippen LogP contribution in [0.3, 0.4) is 0 Å². The molecular weight excluding hydrogens is 290 g/mol. The van der Waals surface area contributed by atoms with Crippen LogP contribution in [0.4, 0.5) is 5.69 Å². The minimum Gasteiger partial charge on any atom is -0.495 e. The fraction of sp³-hybridized carbons (Fsp3) is 0.188. The largest absolute Gasteiger partial charge is 0.495 e. The van der Waals surface area contributed by atoms with E-state index in [9.17, 15) is 4.79 Å². The predicted octanol–water partition coefficient (Wildman–Crippen LogP) is 3.97. The Bertz CT molecular complexity index is 671. The summed E-state index contributed by atoms with van der Waals surface area (Å²) in [5.41, 5.74) is 2.79. The van der Waals surface area contributed by atoms with E-state index in [1.807, 2.05) is 18.2 Å². The van der Waals surface area contributed by atoms with E-state index in [1.165, 1.54) is 0 Å². The highest BCUT2D eigenvalue weighted by atomic mass is 35.5. The van der Waals surface area contributed by atoms with Crippen molar-refractivity contribution in [2.24, 2.45) is 0 Å². The molecule has 0 unspecified atom stereocenters. The van der Waals surface area contributed by atoms with E-state index >= 15 is 0 Å². The maximum atomic E-state index is 11.1. The first-order chi connectivity index (χ1) is 10.0. The number of carbonyl (C=O) groups is 1. The van der Waals surface area contributed by atoms with Crippen molar-refractivity contribution in [1.29, 1.82) is 0 Å². The molecule has 0 aliphatic carbocycles. The van der Waals surface area contributed by atoms with E-state index in [1.54, 1.807) is 32.2 Å². The van der Waals surface area contributed by atoms with Gasteiger partial charge in [0.15, 0.2) is 0 Å². The van der Waals surface area contributed by atoms with Crippen molar-refractivity contribution in [1.82, 2.24) is 0 Å². The molecule has 110 valence electrons. The summed E-state index contributed by atoms with van der Waals surface area (Å²) in [4.78, 5) is 11.1. The topological polar surface area (TPSA) is 58.6 Å². The second-order valence-electron chi connectivity index (χ2n) is 4.61. The van der Waals surface area contributed by atoms with Gasteiger partial charge in [0.05, 0.1) is 17.7 Å². The summed E-state index contributed by atoms with van der Waals surface area (Å²) in [5, 5.41) is 12.9. The summed E-state index contributed by atoms with van der Waals surface area (Å²) in [6.45, 7) is 2.33. The Balaban J connectivity index is 2.15. The molecule has 0 heterocycles. The van der Waals surface area contributed by atoms with Crippen LogP contribution in [-0.4, -0.2) is 18.2 Å². The molecule has 0 atom stereocenters. The molecule has 4 nitrogen and oxygen atoms in total. The SMILES string of the molecule is COc1ccc(CNc2cccc(C(=O)O)c2C)cc1Cl. The van der Waals surface area contributed by atoms with Crippen molar-refractivity contribution in [3.63, 3.8) is 0 Å². The van der Waals surface area contributed by atoms with Crippen LogP contribution < -0.4 is 10.1 Å². The number of nitrogens with one attached hydrogen (secondary N) is 1. The average Bonchev–Trinajstić information content (AvgIpc) is 2.46. The Hall–Kier alpha value is -2.20. The van der Waals surface area contributed by atoms with Crippen molar-refractivity contribution in [3.8, 4) is 5.75 Å². The van der Waals surface area contributed by atoms with Gasteiger partial charge >= 0.3 is 5.97 Å². The molecule has 0 saturated carbocycles. The van der Waals surface area contributed by atoms with Crippen molar-refractivity contribution in [2.75, 3.05) is 12.4 Å². The zero-order valence-electron chi connectivity index (χ0n) is 11.8. The third-order valence-corrected chi connectivity index (χ3v) is 3.56. The lowest BCUT2D eigenvalue weighted by molar-refractivity contribution is 0.0696. The molecule has 0 aliphatic heterocycles. The smallest absolute Gasteiger partial charge is 0.336 e. The molecule has 0 radical (unpaired) electrons. The molecule has 0 spiro atoms. The monoisotopic (exact) mass is 305 g/mol. The summed E-state index contributed by atoms with van der Waals surface area (Å²) in [6, 6.07) is 10.7. The second kappa shape index (κ2) is 6.50. The van der Waals surface area contributed by atoms with Gasteiger partial charge in [-0.15, -0.1) is 0 Å². The lowest BCUT2D eigenvalue weighted by atomic mass is 10.1. The molecule has 21 heavy (non-hydrogen) atoms. The first kappa shape index (κ1) is 15.2. The van der Waals surface area contributed by atoms with Crippen LogP contribution in [0.1, 0.15) is 21.5 Å². The minimum absolute atomic E-state index is 0.299. The number of aromatic carboxylic acids is 1. The van der Waals surface area contributed by atoms with Crippen LogP contribution in [-0.2, 0) is 6.54 Å². The highest BCUT2D eigenvalue weighted by Crippen LogP contribution is 2.26. The Morgan fingerprint density at radius 2 is 2.10 bits per heavy atom. The average molecular weight is 306 g/mol. The molecule has 0 bridgehead atoms. The molecule has 0 amide bonds. The third-order valence-electron chi connectivity index (χ3n) is 3.26. The fourth-order valence-corrected chi connectivity index (χ4v) is 2.36. The molecule has 2 aromatic carbocycles. The van der Waals surface area contributed by atoms with Crippen LogP contribution in [0.15, 0.2) is 36.4 Å². The molecule has 2 N–H and O–H groups in total. The molecule has 0 aliphatic rings. The summed E-state index contributed by atoms with van der Waals surface area (Å²) in [7, 11) is 1.57. The highest BCUT2D eigenvalue weighted by molar-refractivity contribution is 6.32. The summed E-state index contributed by atoms with van der Waals surface area (Å²) < 4.78 is 5.11. The standard InChI is InChI=1S/C16H16ClNO3/c1-10-12(16(19)20)4-3-5-14(10)18-9-11-6-7-15(21-2)13(17)8-11/h3-8,18H,9H2,1-2H3,(H,19,20). The Labute approximate surface area is 128 Å². The van der Waals surface area contributed by atoms with Crippen LogP contribution in [0.5, 0.6) is 5.75 Å². The van der Waals surface area contributed by atoms with Gasteiger partial charge in [0, 0.05) is 12.2 Å². The molecule has 5 heteroatoms. The molecular formula is C16H16ClNO3. The maximum absolute atomic E-state index is 11.1. The van der Waals surface area contributed by atoms with Gasteiger partial charge in [0.25, 0.3) is 0 Å². The van der Waals surface area contributed by atoms with Gasteiger partial charge in [0.1, 0.15) is 5.75 Å². The molecule has 2 aromatic rings. The van der Waals surface area contributed by atoms with Gasteiger partial charge < -0.3 is 15.2 Å². The van der Waals surface area contributed by atoms with E-state index < -0.39 is 5.97 Å². The van der Waals surface area contributed by atoms with E-state index in [4.69, 9.17) is 21.4 Å².